The summed E-state index contributed by atoms with van der Waals surface area (Å²) in [5.41, 5.74) is 1.37. The van der Waals surface area contributed by atoms with Gasteiger partial charge in [-0.15, -0.1) is 0 Å². The highest BCUT2D eigenvalue weighted by atomic mass is 16.5. The number of carbonyl (C=O) groups is 1. The predicted molar refractivity (Wildman–Crippen MR) is 58.4 cm³/mol. The molecule has 1 fully saturated rings. The van der Waals surface area contributed by atoms with Gasteiger partial charge in [0.15, 0.2) is 0 Å². The minimum absolute atomic E-state index is 0.0423. The van der Waals surface area contributed by atoms with Gasteiger partial charge in [0.1, 0.15) is 0 Å². The van der Waals surface area contributed by atoms with Crippen LogP contribution in [0.3, 0.4) is 0 Å². The van der Waals surface area contributed by atoms with Crippen LogP contribution in [0, 0.1) is 11.8 Å². The molecule has 1 aliphatic rings. The number of benzene rings is 1. The fraction of sp³-hybridized carbons (Fsp3) is 0.462. The van der Waals surface area contributed by atoms with Crippen molar-refractivity contribution in [1.29, 1.82) is 0 Å². The smallest absolute Gasteiger partial charge is 0.308 e. The van der Waals surface area contributed by atoms with Crippen LogP contribution in [0.25, 0.3) is 0 Å². The molecule has 0 saturated heterocycles. The zero-order chi connectivity index (χ0) is 10.7. The summed E-state index contributed by atoms with van der Waals surface area (Å²) in [5.74, 6) is 0.777. The zero-order valence-electron chi connectivity index (χ0n) is 8.98. The third kappa shape index (κ3) is 2.38. The first kappa shape index (κ1) is 10.2. The molecule has 0 amide bonds. The number of carbonyl (C=O) groups excluding carboxylic acids is 1. The maximum Gasteiger partial charge on any atom is 0.308 e. The van der Waals surface area contributed by atoms with E-state index in [9.17, 15) is 4.79 Å². The lowest BCUT2D eigenvalue weighted by Gasteiger charge is -2.33. The Hall–Kier alpha value is -1.31. The molecule has 15 heavy (non-hydrogen) atoms. The Morgan fingerprint density at radius 1 is 1.33 bits per heavy atom. The maximum atomic E-state index is 11.2. The summed E-state index contributed by atoms with van der Waals surface area (Å²) in [6.45, 7) is 0. The quantitative estimate of drug-likeness (QED) is 0.707. The Morgan fingerprint density at radius 3 is 2.60 bits per heavy atom. The second-order valence-corrected chi connectivity index (χ2v) is 4.25. The van der Waals surface area contributed by atoms with Crippen molar-refractivity contribution < 1.29 is 9.53 Å². The average molecular weight is 204 g/mol. The molecule has 2 rings (SSSR count). The lowest BCUT2D eigenvalue weighted by atomic mass is 9.72. The van der Waals surface area contributed by atoms with E-state index in [4.69, 9.17) is 4.74 Å². The molecule has 1 aliphatic carbocycles. The van der Waals surface area contributed by atoms with Gasteiger partial charge in [0.25, 0.3) is 0 Å². The maximum absolute atomic E-state index is 11.2. The fourth-order valence-corrected chi connectivity index (χ4v) is 2.21. The second-order valence-electron chi connectivity index (χ2n) is 4.25. The van der Waals surface area contributed by atoms with Crippen LogP contribution in [0.5, 0.6) is 0 Å². The van der Waals surface area contributed by atoms with Gasteiger partial charge in [0.05, 0.1) is 13.0 Å². The van der Waals surface area contributed by atoms with Crippen molar-refractivity contribution in [3.8, 4) is 0 Å². The Bertz CT molecular complexity index is 326. The highest BCUT2D eigenvalue weighted by molar-refractivity contribution is 5.73. The van der Waals surface area contributed by atoms with E-state index >= 15 is 0 Å². The summed E-state index contributed by atoms with van der Waals surface area (Å²) in [5, 5.41) is 0. The lowest BCUT2D eigenvalue weighted by Crippen LogP contribution is -2.32. The van der Waals surface area contributed by atoms with Gasteiger partial charge in [-0.3, -0.25) is 4.79 Å². The van der Waals surface area contributed by atoms with Crippen LogP contribution in [0.15, 0.2) is 30.3 Å². The van der Waals surface area contributed by atoms with Gasteiger partial charge >= 0.3 is 5.97 Å². The molecule has 0 radical (unpaired) electrons. The highest BCUT2D eigenvalue weighted by Crippen LogP contribution is 2.36. The van der Waals surface area contributed by atoms with Crippen LogP contribution < -0.4 is 0 Å². The molecule has 80 valence electrons. The molecule has 0 atom stereocenters. The average Bonchev–Trinajstić information content (AvgIpc) is 2.23. The summed E-state index contributed by atoms with van der Waals surface area (Å²) in [6.07, 6.45) is 3.07. The monoisotopic (exact) mass is 204 g/mol. The van der Waals surface area contributed by atoms with Crippen LogP contribution in [-0.4, -0.2) is 13.1 Å². The van der Waals surface area contributed by atoms with Crippen molar-refractivity contribution in [2.75, 3.05) is 7.11 Å². The number of hydrogen-bond donors (Lipinski definition) is 0. The van der Waals surface area contributed by atoms with Crippen molar-refractivity contribution in [2.24, 2.45) is 11.8 Å². The molecule has 1 aromatic rings. The molecule has 2 nitrogen and oxygen atoms in total. The van der Waals surface area contributed by atoms with Crippen LogP contribution in [0.1, 0.15) is 18.4 Å². The van der Waals surface area contributed by atoms with Crippen molar-refractivity contribution in [2.45, 2.75) is 19.3 Å². The largest absolute Gasteiger partial charge is 0.469 e. The summed E-state index contributed by atoms with van der Waals surface area (Å²) in [7, 11) is 1.47. The summed E-state index contributed by atoms with van der Waals surface area (Å²) >= 11 is 0. The van der Waals surface area contributed by atoms with Gasteiger partial charge in [-0.25, -0.2) is 0 Å². The summed E-state index contributed by atoms with van der Waals surface area (Å²) < 4.78 is 4.71. The van der Waals surface area contributed by atoms with Crippen molar-refractivity contribution in [3.63, 3.8) is 0 Å². The van der Waals surface area contributed by atoms with Gasteiger partial charge in [0, 0.05) is 0 Å². The van der Waals surface area contributed by atoms with Gasteiger partial charge < -0.3 is 4.74 Å². The summed E-state index contributed by atoms with van der Waals surface area (Å²) in [4.78, 5) is 11.2. The van der Waals surface area contributed by atoms with Crippen molar-refractivity contribution >= 4 is 5.97 Å². The third-order valence-corrected chi connectivity index (χ3v) is 3.14. The van der Waals surface area contributed by atoms with E-state index in [1.54, 1.807) is 0 Å². The topological polar surface area (TPSA) is 26.3 Å². The zero-order valence-corrected chi connectivity index (χ0v) is 8.98. The molecule has 0 unspecified atom stereocenters. The number of ether oxygens (including phenoxy) is 1. The Labute approximate surface area is 90.3 Å². The molecule has 2 heteroatoms. The Kier molecular flexibility index (Phi) is 3.05. The molecule has 0 aliphatic heterocycles. The Balaban J connectivity index is 1.79. The van der Waals surface area contributed by atoms with E-state index < -0.39 is 0 Å². The van der Waals surface area contributed by atoms with E-state index in [1.165, 1.54) is 12.7 Å². The second kappa shape index (κ2) is 4.47. The van der Waals surface area contributed by atoms with Gasteiger partial charge in [-0.05, 0) is 30.7 Å². The van der Waals surface area contributed by atoms with Crippen molar-refractivity contribution in [3.05, 3.63) is 35.9 Å². The minimum Gasteiger partial charge on any atom is -0.469 e. The number of methoxy groups -OCH3 is 1. The van der Waals surface area contributed by atoms with Crippen LogP contribution in [0.2, 0.25) is 0 Å². The van der Waals surface area contributed by atoms with Gasteiger partial charge in [-0.1, -0.05) is 30.3 Å². The molecule has 0 N–H and O–H groups in total. The summed E-state index contributed by atoms with van der Waals surface area (Å²) in [6, 6.07) is 10.4. The van der Waals surface area contributed by atoms with Gasteiger partial charge in [-0.2, -0.15) is 0 Å². The van der Waals surface area contributed by atoms with E-state index in [0.29, 0.717) is 5.92 Å². The number of hydrogen-bond acceptors (Lipinski definition) is 2. The van der Waals surface area contributed by atoms with Crippen LogP contribution >= 0.6 is 0 Å². The first-order chi connectivity index (χ1) is 7.29. The minimum atomic E-state index is -0.0423. The fourth-order valence-electron chi connectivity index (χ4n) is 2.21. The van der Waals surface area contributed by atoms with E-state index in [1.807, 2.05) is 6.07 Å². The molecular formula is C13H16O2. The molecule has 1 aromatic carbocycles. The molecule has 1 saturated carbocycles. The van der Waals surface area contributed by atoms with Gasteiger partial charge in [0.2, 0.25) is 0 Å². The molecule has 0 heterocycles. The molecule has 0 aromatic heterocycles. The standard InChI is InChI=1S/C13H16O2/c1-15-13(14)12-8-11(9-12)7-10-5-3-2-4-6-10/h2-6,11-12H,7-9H2,1H3. The predicted octanol–water partition coefficient (Wildman–Crippen LogP) is 2.43. The molecule has 0 bridgehead atoms. The highest BCUT2D eigenvalue weighted by Gasteiger charge is 2.34. The molecular weight excluding hydrogens is 188 g/mol. The molecule has 0 spiro atoms. The normalized spacial score (nSPS) is 24.3. The van der Waals surface area contributed by atoms with E-state index in [-0.39, 0.29) is 11.9 Å². The number of esters is 1. The third-order valence-electron chi connectivity index (χ3n) is 3.14. The Morgan fingerprint density at radius 2 is 2.00 bits per heavy atom. The van der Waals surface area contributed by atoms with Crippen LogP contribution in [-0.2, 0) is 16.0 Å². The lowest BCUT2D eigenvalue weighted by molar-refractivity contribution is -0.150. The van der Waals surface area contributed by atoms with E-state index in [0.717, 1.165) is 19.3 Å². The SMILES string of the molecule is COC(=O)C1CC(Cc2ccccc2)C1. The first-order valence-electron chi connectivity index (χ1n) is 5.41. The first-order valence-corrected chi connectivity index (χ1v) is 5.41. The number of rotatable bonds is 3. The van der Waals surface area contributed by atoms with Crippen molar-refractivity contribution in [1.82, 2.24) is 0 Å². The van der Waals surface area contributed by atoms with E-state index in [2.05, 4.69) is 24.3 Å². The van der Waals surface area contributed by atoms with Crippen LogP contribution in [0.4, 0.5) is 0 Å².